The third-order valence-corrected chi connectivity index (χ3v) is 5.29. The zero-order valence-electron chi connectivity index (χ0n) is 10.6. The topological polar surface area (TPSA) is 74.7 Å². The molecule has 3 rings (SSSR count). The highest BCUT2D eigenvalue weighted by atomic mass is 32.2. The number of hydrogen-bond donors (Lipinski definition) is 1. The van der Waals surface area contributed by atoms with Gasteiger partial charge in [0, 0.05) is 18.4 Å². The number of anilines is 1. The molecule has 1 N–H and O–H groups in total. The molecule has 0 saturated carbocycles. The predicted octanol–water partition coefficient (Wildman–Crippen LogP) is 2.21. The molecule has 0 atom stereocenters. The molecule has 0 spiro atoms. The highest BCUT2D eigenvalue weighted by Crippen LogP contribution is 2.41. The lowest BCUT2D eigenvalue weighted by Crippen LogP contribution is -2.28. The second-order valence-corrected chi connectivity index (χ2v) is 6.54. The molecule has 0 radical (unpaired) electrons. The van der Waals surface area contributed by atoms with Gasteiger partial charge < -0.3 is 5.11 Å². The molecule has 2 aromatic rings. The average Bonchev–Trinajstić information content (AvgIpc) is 2.62. The number of carboxylic acids is 1. The average molecular weight is 291 g/mol. The van der Waals surface area contributed by atoms with Gasteiger partial charge in [-0.3, -0.25) is 9.10 Å². The van der Waals surface area contributed by atoms with Gasteiger partial charge in [-0.25, -0.2) is 8.42 Å². The Bertz CT molecular complexity index is 793. The van der Waals surface area contributed by atoms with E-state index >= 15 is 0 Å². The van der Waals surface area contributed by atoms with E-state index in [1.165, 1.54) is 4.31 Å². The molecule has 20 heavy (non-hydrogen) atoms. The van der Waals surface area contributed by atoms with Crippen LogP contribution >= 0.6 is 0 Å². The van der Waals surface area contributed by atoms with Crippen LogP contribution in [0.1, 0.15) is 12.8 Å². The largest absolute Gasteiger partial charge is 0.481 e. The van der Waals surface area contributed by atoms with Gasteiger partial charge in [0.2, 0.25) is 0 Å². The summed E-state index contributed by atoms with van der Waals surface area (Å²) in [6.07, 6.45) is 0.247. The van der Waals surface area contributed by atoms with Gasteiger partial charge in [-0.2, -0.15) is 0 Å². The van der Waals surface area contributed by atoms with E-state index < -0.39 is 16.0 Å². The minimum atomic E-state index is -3.56. The first-order valence-corrected chi connectivity index (χ1v) is 7.72. The number of rotatable bonds is 4. The molecular weight excluding hydrogens is 278 g/mol. The number of carbonyl (C=O) groups is 1. The molecule has 0 bridgehead atoms. The van der Waals surface area contributed by atoms with Crippen molar-refractivity contribution in [3.63, 3.8) is 0 Å². The molecule has 0 unspecified atom stereocenters. The van der Waals surface area contributed by atoms with Crippen molar-refractivity contribution in [3.8, 4) is 0 Å². The van der Waals surface area contributed by atoms with Crippen LogP contribution in [0.15, 0.2) is 41.3 Å². The standard InChI is InChI=1S/C14H13NO4S/c16-13(17)8-3-9-15-11-6-1-4-10-5-2-7-12(14(10)11)20(15,18)19/h1-2,4-7H,3,8-9H2,(H,16,17). The number of hydrogen-bond acceptors (Lipinski definition) is 3. The van der Waals surface area contributed by atoms with Gasteiger partial charge in [-0.15, -0.1) is 0 Å². The maximum Gasteiger partial charge on any atom is 0.303 e. The smallest absolute Gasteiger partial charge is 0.303 e. The quantitative estimate of drug-likeness (QED) is 0.937. The third kappa shape index (κ3) is 1.84. The molecule has 1 aliphatic rings. The van der Waals surface area contributed by atoms with Crippen molar-refractivity contribution in [2.75, 3.05) is 10.8 Å². The fourth-order valence-corrected chi connectivity index (χ4v) is 4.32. The van der Waals surface area contributed by atoms with Crippen molar-refractivity contribution in [2.45, 2.75) is 17.7 Å². The highest BCUT2D eigenvalue weighted by molar-refractivity contribution is 7.93. The Morgan fingerprint density at radius 2 is 1.85 bits per heavy atom. The molecule has 0 aromatic heterocycles. The van der Waals surface area contributed by atoms with Crippen LogP contribution in [0.25, 0.3) is 10.8 Å². The number of carboxylic acid groups (broad SMARTS) is 1. The number of nitrogens with zero attached hydrogens (tertiary/aromatic N) is 1. The van der Waals surface area contributed by atoms with Crippen LogP contribution in [0.2, 0.25) is 0 Å². The molecule has 1 aliphatic heterocycles. The van der Waals surface area contributed by atoms with E-state index in [-0.39, 0.29) is 13.0 Å². The first kappa shape index (κ1) is 12.9. The van der Waals surface area contributed by atoms with Gasteiger partial charge in [-0.1, -0.05) is 24.3 Å². The maximum atomic E-state index is 12.5. The van der Waals surface area contributed by atoms with Crippen molar-refractivity contribution < 1.29 is 18.3 Å². The summed E-state index contributed by atoms with van der Waals surface area (Å²) in [5.41, 5.74) is 0.642. The molecule has 6 heteroatoms. The normalized spacial score (nSPS) is 15.7. The van der Waals surface area contributed by atoms with Gasteiger partial charge >= 0.3 is 5.97 Å². The minimum absolute atomic E-state index is 0.0433. The van der Waals surface area contributed by atoms with E-state index in [0.29, 0.717) is 17.0 Å². The zero-order chi connectivity index (χ0) is 14.3. The van der Waals surface area contributed by atoms with Crippen molar-refractivity contribution in [3.05, 3.63) is 36.4 Å². The zero-order valence-corrected chi connectivity index (χ0v) is 11.4. The molecule has 104 valence electrons. The van der Waals surface area contributed by atoms with Crippen molar-refractivity contribution >= 4 is 32.5 Å². The SMILES string of the molecule is O=C(O)CCCN1c2cccc3cccc(c23)S1(=O)=O. The Morgan fingerprint density at radius 3 is 2.55 bits per heavy atom. The maximum absolute atomic E-state index is 12.5. The van der Waals surface area contributed by atoms with E-state index in [0.717, 1.165) is 10.8 Å². The summed E-state index contributed by atoms with van der Waals surface area (Å²) >= 11 is 0. The fraction of sp³-hybridized carbons (Fsp3) is 0.214. The highest BCUT2D eigenvalue weighted by Gasteiger charge is 2.34. The van der Waals surface area contributed by atoms with Crippen LogP contribution in [0.3, 0.4) is 0 Å². The molecule has 1 heterocycles. The number of benzene rings is 2. The summed E-state index contributed by atoms with van der Waals surface area (Å²) in [7, 11) is -3.56. The van der Waals surface area contributed by atoms with E-state index in [1.54, 1.807) is 18.2 Å². The Hall–Kier alpha value is -2.08. The lowest BCUT2D eigenvalue weighted by Gasteiger charge is -2.18. The summed E-state index contributed by atoms with van der Waals surface area (Å²) in [6.45, 7) is 0.183. The van der Waals surface area contributed by atoms with Crippen molar-refractivity contribution in [1.29, 1.82) is 0 Å². The summed E-state index contributed by atoms with van der Waals surface area (Å²) in [4.78, 5) is 10.9. The molecule has 0 saturated heterocycles. The van der Waals surface area contributed by atoms with Gasteiger partial charge in [0.25, 0.3) is 10.0 Å². The Morgan fingerprint density at radius 1 is 1.15 bits per heavy atom. The molecule has 5 nitrogen and oxygen atoms in total. The second kappa shape index (κ2) is 4.49. The fourth-order valence-electron chi connectivity index (χ4n) is 2.57. The van der Waals surface area contributed by atoms with Crippen LogP contribution in [-0.4, -0.2) is 26.0 Å². The van der Waals surface area contributed by atoms with Gasteiger partial charge in [0.15, 0.2) is 0 Å². The van der Waals surface area contributed by atoms with Crippen molar-refractivity contribution in [1.82, 2.24) is 0 Å². The lowest BCUT2D eigenvalue weighted by molar-refractivity contribution is -0.137. The minimum Gasteiger partial charge on any atom is -0.481 e. The molecule has 0 aliphatic carbocycles. The lowest BCUT2D eigenvalue weighted by atomic mass is 10.1. The molecule has 2 aromatic carbocycles. The van der Waals surface area contributed by atoms with E-state index in [1.807, 2.05) is 18.2 Å². The first-order chi connectivity index (χ1) is 9.51. The monoisotopic (exact) mass is 291 g/mol. The van der Waals surface area contributed by atoms with Crippen molar-refractivity contribution in [2.24, 2.45) is 0 Å². The Labute approximate surface area is 116 Å². The molecule has 0 fully saturated rings. The van der Waals surface area contributed by atoms with E-state index in [2.05, 4.69) is 0 Å². The second-order valence-electron chi connectivity index (χ2n) is 4.71. The summed E-state index contributed by atoms with van der Waals surface area (Å²) in [5.74, 6) is -0.919. The first-order valence-electron chi connectivity index (χ1n) is 6.28. The van der Waals surface area contributed by atoms with Gasteiger partial charge in [0.1, 0.15) is 0 Å². The third-order valence-electron chi connectivity index (χ3n) is 3.43. The van der Waals surface area contributed by atoms with Gasteiger partial charge in [-0.05, 0) is 23.9 Å². The number of sulfonamides is 1. The Balaban J connectivity index is 2.07. The predicted molar refractivity (Wildman–Crippen MR) is 75.3 cm³/mol. The Kier molecular flexibility index (Phi) is 2.90. The van der Waals surface area contributed by atoms with E-state index in [4.69, 9.17) is 5.11 Å². The van der Waals surface area contributed by atoms with Gasteiger partial charge in [0.05, 0.1) is 10.6 Å². The van der Waals surface area contributed by atoms with Crippen LogP contribution in [0, 0.1) is 0 Å². The molecule has 0 amide bonds. The summed E-state index contributed by atoms with van der Waals surface area (Å²) in [5, 5.41) is 10.3. The van der Waals surface area contributed by atoms with Crippen LogP contribution < -0.4 is 4.31 Å². The molecular formula is C14H13NO4S. The van der Waals surface area contributed by atoms with Crippen LogP contribution in [0.4, 0.5) is 5.69 Å². The van der Waals surface area contributed by atoms with Crippen LogP contribution in [-0.2, 0) is 14.8 Å². The summed E-state index contributed by atoms with van der Waals surface area (Å²) in [6, 6.07) is 10.6. The summed E-state index contributed by atoms with van der Waals surface area (Å²) < 4.78 is 26.4. The number of aliphatic carboxylic acids is 1. The van der Waals surface area contributed by atoms with E-state index in [9.17, 15) is 13.2 Å². The van der Waals surface area contributed by atoms with Crippen LogP contribution in [0.5, 0.6) is 0 Å².